The van der Waals surface area contributed by atoms with Gasteiger partial charge in [0.1, 0.15) is 12.4 Å². The summed E-state index contributed by atoms with van der Waals surface area (Å²) in [5, 5.41) is 4.20. The summed E-state index contributed by atoms with van der Waals surface area (Å²) in [5.41, 5.74) is 7.89. The van der Waals surface area contributed by atoms with E-state index in [1.807, 2.05) is 43.3 Å². The maximum Gasteiger partial charge on any atom is 0.410 e. The van der Waals surface area contributed by atoms with Crippen molar-refractivity contribution >= 4 is 6.09 Å². The van der Waals surface area contributed by atoms with E-state index in [2.05, 4.69) is 5.16 Å². The number of piperidine rings is 1. The molecule has 1 aliphatic heterocycles. The maximum absolute atomic E-state index is 12.4. The molecule has 6 nitrogen and oxygen atoms in total. The van der Waals surface area contributed by atoms with E-state index >= 15 is 0 Å². The molecule has 1 amide bonds. The molecule has 3 atom stereocenters. The minimum atomic E-state index is -0.253. The molecule has 3 unspecified atom stereocenters. The summed E-state index contributed by atoms with van der Waals surface area (Å²) in [5.74, 6) is 1.60. The number of amides is 1. The molecular weight excluding hydrogens is 318 g/mol. The van der Waals surface area contributed by atoms with Gasteiger partial charge in [0.2, 0.25) is 0 Å². The minimum absolute atomic E-state index is 0.147. The lowest BCUT2D eigenvalue weighted by Crippen LogP contribution is -2.37. The Morgan fingerprint density at radius 1 is 1.40 bits per heavy atom. The van der Waals surface area contributed by atoms with Crippen LogP contribution in [0.2, 0.25) is 0 Å². The molecule has 0 bridgehead atoms. The number of hydrogen-bond acceptors (Lipinski definition) is 5. The molecule has 6 heteroatoms. The van der Waals surface area contributed by atoms with Gasteiger partial charge in [-0.3, -0.25) is 0 Å². The first-order chi connectivity index (χ1) is 12.1. The number of carbonyl (C=O) groups is 1. The van der Waals surface area contributed by atoms with Gasteiger partial charge in [0, 0.05) is 31.1 Å². The third kappa shape index (κ3) is 2.70. The molecule has 2 aromatic rings. The molecule has 2 fully saturated rings. The van der Waals surface area contributed by atoms with Crippen molar-refractivity contribution in [2.24, 2.45) is 17.6 Å². The third-order valence-electron chi connectivity index (χ3n) is 5.73. The first kappa shape index (κ1) is 16.1. The van der Waals surface area contributed by atoms with Gasteiger partial charge < -0.3 is 19.9 Å². The predicted octanol–water partition coefficient (Wildman–Crippen LogP) is 2.47. The molecule has 1 aliphatic carbocycles. The minimum Gasteiger partial charge on any atom is -0.445 e. The number of carbonyl (C=O) groups excluding carboxylic acids is 1. The second kappa shape index (κ2) is 6.19. The Kier molecular flexibility index (Phi) is 4.00. The normalized spacial score (nSPS) is 27.7. The van der Waals surface area contributed by atoms with Gasteiger partial charge in [-0.25, -0.2) is 4.79 Å². The maximum atomic E-state index is 12.4. The highest BCUT2D eigenvalue weighted by atomic mass is 16.6. The zero-order valence-corrected chi connectivity index (χ0v) is 14.4. The van der Waals surface area contributed by atoms with Crippen LogP contribution in [-0.4, -0.2) is 35.8 Å². The van der Waals surface area contributed by atoms with Gasteiger partial charge in [-0.1, -0.05) is 35.5 Å². The van der Waals surface area contributed by atoms with Gasteiger partial charge in [0.05, 0.1) is 5.69 Å². The lowest BCUT2D eigenvalue weighted by molar-refractivity contribution is 0.0876. The highest BCUT2D eigenvalue weighted by molar-refractivity contribution is 5.68. The number of ether oxygens (including phenoxy) is 1. The quantitative estimate of drug-likeness (QED) is 0.924. The van der Waals surface area contributed by atoms with E-state index in [0.717, 1.165) is 23.4 Å². The molecule has 2 heterocycles. The Morgan fingerprint density at radius 3 is 2.88 bits per heavy atom. The largest absolute Gasteiger partial charge is 0.445 e. The number of benzene rings is 1. The number of likely N-dealkylation sites (tertiary alicyclic amines) is 1. The first-order valence-electron chi connectivity index (χ1n) is 8.74. The molecular formula is C19H23N3O3. The van der Waals surface area contributed by atoms with E-state index < -0.39 is 0 Å². The van der Waals surface area contributed by atoms with Crippen LogP contribution in [0.3, 0.4) is 0 Å². The Balaban J connectivity index is 1.40. The summed E-state index contributed by atoms with van der Waals surface area (Å²) in [7, 11) is 0. The van der Waals surface area contributed by atoms with Crippen LogP contribution in [0.4, 0.5) is 4.79 Å². The van der Waals surface area contributed by atoms with Crippen LogP contribution in [0.5, 0.6) is 0 Å². The van der Waals surface area contributed by atoms with Crippen molar-refractivity contribution in [1.82, 2.24) is 10.1 Å². The average Bonchev–Trinajstić information content (AvgIpc) is 3.11. The van der Waals surface area contributed by atoms with Gasteiger partial charge in [-0.05, 0) is 30.7 Å². The number of aryl methyl sites for hydroxylation is 1. The fraction of sp³-hybridized carbons (Fsp3) is 0.474. The fourth-order valence-corrected chi connectivity index (χ4v) is 4.33. The van der Waals surface area contributed by atoms with Gasteiger partial charge in [0.15, 0.2) is 0 Å². The molecule has 0 radical (unpaired) electrons. The summed E-state index contributed by atoms with van der Waals surface area (Å²) in [4.78, 5) is 14.2. The zero-order chi connectivity index (χ0) is 17.4. The second-order valence-corrected chi connectivity index (χ2v) is 7.06. The van der Waals surface area contributed by atoms with Gasteiger partial charge in [0.25, 0.3) is 0 Å². The summed E-state index contributed by atoms with van der Waals surface area (Å²) < 4.78 is 10.7. The molecule has 25 heavy (non-hydrogen) atoms. The lowest BCUT2D eigenvalue weighted by Gasteiger charge is -2.25. The molecule has 132 valence electrons. The van der Waals surface area contributed by atoms with Crippen LogP contribution in [0.25, 0.3) is 0 Å². The standard InChI is InChI=1S/C19H23N3O3/c1-13-9-17(21-25-13)19(12-20)15-7-8-22(10-16(15)19)18(23)24-11-14-5-3-2-4-6-14/h2-6,9,15-16H,7-8,10-12,20H2,1H3. The number of rotatable bonds is 4. The van der Waals surface area contributed by atoms with Crippen LogP contribution < -0.4 is 5.73 Å². The van der Waals surface area contributed by atoms with Crippen molar-refractivity contribution < 1.29 is 14.1 Å². The molecule has 2 aliphatic rings. The van der Waals surface area contributed by atoms with Gasteiger partial charge in [-0.2, -0.15) is 0 Å². The van der Waals surface area contributed by atoms with E-state index in [-0.39, 0.29) is 11.5 Å². The van der Waals surface area contributed by atoms with Crippen molar-refractivity contribution in [3.8, 4) is 0 Å². The van der Waals surface area contributed by atoms with Crippen LogP contribution in [-0.2, 0) is 16.8 Å². The van der Waals surface area contributed by atoms with E-state index in [1.165, 1.54) is 0 Å². The van der Waals surface area contributed by atoms with Crippen LogP contribution in [0.1, 0.15) is 23.4 Å². The van der Waals surface area contributed by atoms with E-state index in [9.17, 15) is 4.79 Å². The highest BCUT2D eigenvalue weighted by Crippen LogP contribution is 2.62. The van der Waals surface area contributed by atoms with Gasteiger partial charge in [-0.15, -0.1) is 0 Å². The second-order valence-electron chi connectivity index (χ2n) is 7.06. The Morgan fingerprint density at radius 2 is 2.20 bits per heavy atom. The predicted molar refractivity (Wildman–Crippen MR) is 91.8 cm³/mol. The van der Waals surface area contributed by atoms with Crippen molar-refractivity contribution in [2.75, 3.05) is 19.6 Å². The summed E-state index contributed by atoms with van der Waals surface area (Å²) in [6.45, 7) is 4.09. The van der Waals surface area contributed by atoms with Crippen molar-refractivity contribution in [2.45, 2.75) is 25.4 Å². The van der Waals surface area contributed by atoms with E-state index in [0.29, 0.717) is 38.1 Å². The number of nitrogens with two attached hydrogens (primary N) is 1. The van der Waals surface area contributed by atoms with Gasteiger partial charge >= 0.3 is 6.09 Å². The molecule has 0 spiro atoms. The van der Waals surface area contributed by atoms with Crippen LogP contribution >= 0.6 is 0 Å². The average molecular weight is 341 g/mol. The van der Waals surface area contributed by atoms with Crippen molar-refractivity contribution in [1.29, 1.82) is 0 Å². The fourth-order valence-electron chi connectivity index (χ4n) is 4.33. The molecule has 4 rings (SSSR count). The highest BCUT2D eigenvalue weighted by Gasteiger charge is 2.67. The molecule has 2 N–H and O–H groups in total. The SMILES string of the molecule is Cc1cc(C2(CN)C3CCN(C(=O)OCc4ccccc4)CC32)no1. The van der Waals surface area contributed by atoms with Crippen molar-refractivity contribution in [3.63, 3.8) is 0 Å². The summed E-state index contributed by atoms with van der Waals surface area (Å²) in [6, 6.07) is 11.7. The van der Waals surface area contributed by atoms with Crippen LogP contribution in [0.15, 0.2) is 40.9 Å². The zero-order valence-electron chi connectivity index (χ0n) is 14.4. The summed E-state index contributed by atoms with van der Waals surface area (Å²) >= 11 is 0. The monoisotopic (exact) mass is 341 g/mol. The lowest BCUT2D eigenvalue weighted by atomic mass is 9.97. The van der Waals surface area contributed by atoms with Crippen molar-refractivity contribution in [3.05, 3.63) is 53.4 Å². The number of hydrogen-bond donors (Lipinski definition) is 1. The Bertz CT molecular complexity index is 760. The summed E-state index contributed by atoms with van der Waals surface area (Å²) in [6.07, 6.45) is 0.672. The number of aromatic nitrogens is 1. The Labute approximate surface area is 146 Å². The number of fused-ring (bicyclic) bond motifs is 1. The molecule has 1 saturated carbocycles. The topological polar surface area (TPSA) is 81.6 Å². The smallest absolute Gasteiger partial charge is 0.410 e. The molecule has 1 aromatic carbocycles. The third-order valence-corrected chi connectivity index (χ3v) is 5.73. The van der Waals surface area contributed by atoms with E-state index in [4.69, 9.17) is 15.0 Å². The molecule has 1 aromatic heterocycles. The molecule has 1 saturated heterocycles. The number of nitrogens with zero attached hydrogens (tertiary/aromatic N) is 2. The first-order valence-corrected chi connectivity index (χ1v) is 8.74. The Hall–Kier alpha value is -2.34. The van der Waals surface area contributed by atoms with E-state index in [1.54, 1.807) is 4.90 Å². The van der Waals surface area contributed by atoms with Crippen LogP contribution in [0, 0.1) is 18.8 Å².